The molecule has 6 nitrogen and oxygen atoms in total. The van der Waals surface area contributed by atoms with Crippen molar-refractivity contribution in [3.63, 3.8) is 0 Å². The predicted octanol–water partition coefficient (Wildman–Crippen LogP) is 5.79. The Morgan fingerprint density at radius 3 is 2.26 bits per heavy atom. The summed E-state index contributed by atoms with van der Waals surface area (Å²) in [6, 6.07) is 3.54. The van der Waals surface area contributed by atoms with Gasteiger partial charge in [-0.15, -0.1) is 0 Å². The van der Waals surface area contributed by atoms with Crippen LogP contribution in [0.25, 0.3) is 0 Å². The molecule has 1 heterocycles. The number of carbonyl (C=O) groups excluding carboxylic acids is 2. The van der Waals surface area contributed by atoms with E-state index in [2.05, 4.69) is 6.07 Å². The van der Waals surface area contributed by atoms with Crippen LogP contribution in [0, 0.1) is 12.8 Å². The van der Waals surface area contributed by atoms with Crippen molar-refractivity contribution in [3.8, 4) is 11.5 Å². The first-order valence-corrected chi connectivity index (χ1v) is 13.2. The Hall–Kier alpha value is -2.24. The molecule has 0 aromatic heterocycles. The topological polar surface area (TPSA) is 65.1 Å². The minimum absolute atomic E-state index is 0.0599. The van der Waals surface area contributed by atoms with Crippen molar-refractivity contribution >= 4 is 11.9 Å². The van der Waals surface area contributed by atoms with Gasteiger partial charge in [-0.2, -0.15) is 0 Å². The van der Waals surface area contributed by atoms with Crippen molar-refractivity contribution < 1.29 is 23.8 Å². The molecular weight excluding hydrogens is 430 g/mol. The Labute approximate surface area is 205 Å². The average molecular weight is 474 g/mol. The van der Waals surface area contributed by atoms with E-state index in [0.717, 1.165) is 62.5 Å². The monoisotopic (exact) mass is 473 g/mol. The number of rotatable bonds is 9. The number of aryl methyl sites for hydroxylation is 1. The third kappa shape index (κ3) is 5.87. The maximum Gasteiger partial charge on any atom is 0.329 e. The van der Waals surface area contributed by atoms with E-state index in [0.29, 0.717) is 24.5 Å². The van der Waals surface area contributed by atoms with Crippen LogP contribution in [0.3, 0.4) is 0 Å². The van der Waals surface area contributed by atoms with Crippen molar-refractivity contribution in [2.75, 3.05) is 20.8 Å². The Bertz CT molecular complexity index is 828. The first kappa shape index (κ1) is 26.4. The van der Waals surface area contributed by atoms with Gasteiger partial charge in [-0.05, 0) is 75.0 Å². The number of amides is 1. The zero-order valence-corrected chi connectivity index (χ0v) is 21.7. The molecule has 0 N–H and O–H groups in total. The fourth-order valence-electron chi connectivity index (χ4n) is 5.76. The Balaban J connectivity index is 1.96. The third-order valence-electron chi connectivity index (χ3n) is 7.68. The van der Waals surface area contributed by atoms with Gasteiger partial charge in [0.05, 0.1) is 20.1 Å². The molecule has 2 fully saturated rings. The first-order valence-electron chi connectivity index (χ1n) is 13.2. The maximum absolute atomic E-state index is 14.2. The van der Waals surface area contributed by atoms with Crippen LogP contribution in [-0.2, 0) is 14.3 Å². The van der Waals surface area contributed by atoms with Crippen LogP contribution in [0.1, 0.15) is 95.1 Å². The number of benzene rings is 1. The quantitative estimate of drug-likeness (QED) is 0.425. The van der Waals surface area contributed by atoms with E-state index in [1.165, 1.54) is 6.42 Å². The average Bonchev–Trinajstić information content (AvgIpc) is 2.87. The summed E-state index contributed by atoms with van der Waals surface area (Å²) in [5.41, 5.74) is 1.92. The SMILES string of the molecule is CCC(CC)OC(=O)[C@@H]1CCCCN1C(=O)[C@H](c1cc(C)c(OC)c(OC)c1)C1CCCCC1. The minimum atomic E-state index is -0.491. The summed E-state index contributed by atoms with van der Waals surface area (Å²) in [4.78, 5) is 29.2. The van der Waals surface area contributed by atoms with Crippen LogP contribution in [-0.4, -0.2) is 49.7 Å². The second-order valence-corrected chi connectivity index (χ2v) is 9.87. The van der Waals surface area contributed by atoms with Gasteiger partial charge in [0, 0.05) is 6.54 Å². The van der Waals surface area contributed by atoms with Gasteiger partial charge in [0.1, 0.15) is 12.1 Å². The Kier molecular flexibility index (Phi) is 9.66. The molecule has 1 saturated heterocycles. The van der Waals surface area contributed by atoms with Gasteiger partial charge < -0.3 is 19.1 Å². The van der Waals surface area contributed by atoms with Gasteiger partial charge >= 0.3 is 5.97 Å². The van der Waals surface area contributed by atoms with Crippen LogP contribution >= 0.6 is 0 Å². The van der Waals surface area contributed by atoms with Crippen molar-refractivity contribution in [2.24, 2.45) is 5.92 Å². The highest BCUT2D eigenvalue weighted by Gasteiger charge is 2.41. The fraction of sp³-hybridized carbons (Fsp3) is 0.714. The summed E-state index contributed by atoms with van der Waals surface area (Å²) in [6.45, 7) is 6.66. The van der Waals surface area contributed by atoms with Crippen LogP contribution < -0.4 is 9.47 Å². The van der Waals surface area contributed by atoms with Gasteiger partial charge in [0.15, 0.2) is 11.5 Å². The van der Waals surface area contributed by atoms with E-state index < -0.39 is 6.04 Å². The molecule has 2 aliphatic rings. The molecular formula is C28H43NO5. The highest BCUT2D eigenvalue weighted by atomic mass is 16.5. The molecule has 1 amide bonds. The largest absolute Gasteiger partial charge is 0.493 e. The number of piperidine rings is 1. The van der Waals surface area contributed by atoms with Crippen molar-refractivity contribution in [3.05, 3.63) is 23.3 Å². The smallest absolute Gasteiger partial charge is 0.329 e. The summed E-state index contributed by atoms with van der Waals surface area (Å²) in [5.74, 6) is 1.13. The maximum atomic E-state index is 14.2. The molecule has 1 saturated carbocycles. The number of ether oxygens (including phenoxy) is 3. The lowest BCUT2D eigenvalue weighted by Crippen LogP contribution is -2.51. The summed E-state index contributed by atoms with van der Waals surface area (Å²) < 4.78 is 17.0. The van der Waals surface area contributed by atoms with E-state index in [9.17, 15) is 9.59 Å². The molecule has 1 aromatic rings. The molecule has 0 spiro atoms. The van der Waals surface area contributed by atoms with Crippen LogP contribution in [0.4, 0.5) is 0 Å². The molecule has 1 aromatic carbocycles. The lowest BCUT2D eigenvalue weighted by Gasteiger charge is -2.39. The Morgan fingerprint density at radius 2 is 1.65 bits per heavy atom. The first-order chi connectivity index (χ1) is 16.4. The highest BCUT2D eigenvalue weighted by molar-refractivity contribution is 5.89. The lowest BCUT2D eigenvalue weighted by atomic mass is 9.75. The van der Waals surface area contributed by atoms with Gasteiger partial charge in [-0.25, -0.2) is 4.79 Å². The van der Waals surface area contributed by atoms with Crippen LogP contribution in [0.15, 0.2) is 12.1 Å². The number of esters is 1. The summed E-state index contributed by atoms with van der Waals surface area (Å²) >= 11 is 0. The molecule has 1 aliphatic heterocycles. The molecule has 3 rings (SSSR count). The van der Waals surface area contributed by atoms with Gasteiger partial charge in [0.2, 0.25) is 5.91 Å². The predicted molar refractivity (Wildman–Crippen MR) is 133 cm³/mol. The highest BCUT2D eigenvalue weighted by Crippen LogP contribution is 2.42. The number of hydrogen-bond acceptors (Lipinski definition) is 5. The molecule has 190 valence electrons. The third-order valence-corrected chi connectivity index (χ3v) is 7.68. The summed E-state index contributed by atoms with van der Waals surface area (Å²) in [7, 11) is 3.27. The van der Waals surface area contributed by atoms with Crippen molar-refractivity contribution in [1.82, 2.24) is 4.90 Å². The molecule has 0 bridgehead atoms. The Morgan fingerprint density at radius 1 is 0.971 bits per heavy atom. The van der Waals surface area contributed by atoms with Gasteiger partial charge in [0.25, 0.3) is 0 Å². The zero-order chi connectivity index (χ0) is 24.7. The number of likely N-dealkylation sites (tertiary alicyclic amines) is 1. The van der Waals surface area contributed by atoms with Gasteiger partial charge in [-0.3, -0.25) is 4.79 Å². The van der Waals surface area contributed by atoms with Crippen molar-refractivity contribution in [2.45, 2.75) is 103 Å². The molecule has 2 atom stereocenters. The molecule has 0 unspecified atom stereocenters. The molecule has 1 aliphatic carbocycles. The number of carbonyl (C=O) groups is 2. The number of hydrogen-bond donors (Lipinski definition) is 0. The minimum Gasteiger partial charge on any atom is -0.493 e. The molecule has 0 radical (unpaired) electrons. The summed E-state index contributed by atoms with van der Waals surface area (Å²) in [5, 5.41) is 0. The zero-order valence-electron chi connectivity index (χ0n) is 21.7. The lowest BCUT2D eigenvalue weighted by molar-refractivity contribution is -0.162. The number of methoxy groups -OCH3 is 2. The number of nitrogens with zero attached hydrogens (tertiary/aromatic N) is 1. The van der Waals surface area contributed by atoms with E-state index in [4.69, 9.17) is 14.2 Å². The normalized spacial score (nSPS) is 20.2. The van der Waals surface area contributed by atoms with Crippen LogP contribution in [0.5, 0.6) is 11.5 Å². The second-order valence-electron chi connectivity index (χ2n) is 9.87. The van der Waals surface area contributed by atoms with Gasteiger partial charge in [-0.1, -0.05) is 39.2 Å². The second kappa shape index (κ2) is 12.5. The molecule has 34 heavy (non-hydrogen) atoms. The standard InChI is InChI=1S/C28H43NO5/c1-6-22(7-2)34-28(31)23-15-11-12-16-29(23)27(30)25(20-13-9-8-10-14-20)21-17-19(3)26(33-5)24(18-21)32-4/h17-18,20,22-23,25H,6-16H2,1-5H3/t23-,25-/m0/s1. The van der Waals surface area contributed by atoms with E-state index in [1.807, 2.05) is 31.7 Å². The van der Waals surface area contributed by atoms with E-state index in [-0.39, 0.29) is 29.8 Å². The van der Waals surface area contributed by atoms with Crippen LogP contribution in [0.2, 0.25) is 0 Å². The van der Waals surface area contributed by atoms with E-state index >= 15 is 0 Å². The van der Waals surface area contributed by atoms with E-state index in [1.54, 1.807) is 14.2 Å². The fourth-order valence-corrected chi connectivity index (χ4v) is 5.76. The molecule has 6 heteroatoms. The van der Waals surface area contributed by atoms with Crippen molar-refractivity contribution in [1.29, 1.82) is 0 Å². The summed E-state index contributed by atoms with van der Waals surface area (Å²) in [6.07, 6.45) is 9.58.